The van der Waals surface area contributed by atoms with Crippen molar-refractivity contribution in [3.8, 4) is 17.2 Å². The predicted molar refractivity (Wildman–Crippen MR) is 145 cm³/mol. The Morgan fingerprint density at radius 1 is 0.868 bits per heavy atom. The Hall–Kier alpha value is -4.52. The Balaban J connectivity index is 1.39. The third-order valence-corrected chi connectivity index (χ3v) is 7.30. The van der Waals surface area contributed by atoms with E-state index in [0.29, 0.717) is 17.1 Å². The fourth-order valence-corrected chi connectivity index (χ4v) is 5.32. The van der Waals surface area contributed by atoms with Crippen molar-refractivity contribution in [1.82, 2.24) is 9.47 Å². The number of hydrogen-bond donors (Lipinski definition) is 0. The average Bonchev–Trinajstić information content (AvgIpc) is 3.69. The standard InChI is InChI=1S/C31H29N3O4/c1-37-23-16-17-24(28(19-23)38-2)31(36)33(22-14-15-22)20-29(35)34-26-12-7-6-11-25(26)32-18-8-13-27(32)30(34)21-9-4-3-5-10-21/h3-13,16-19,22,30H,14-15,20H2,1-2H3. The fraction of sp³-hybridized carbons (Fsp3) is 0.226. The van der Waals surface area contributed by atoms with E-state index in [-0.39, 0.29) is 30.4 Å². The van der Waals surface area contributed by atoms with Crippen LogP contribution in [0, 0.1) is 0 Å². The molecular weight excluding hydrogens is 478 g/mol. The van der Waals surface area contributed by atoms with Crippen LogP contribution in [0.15, 0.2) is 91.1 Å². The van der Waals surface area contributed by atoms with Crippen LogP contribution in [0.25, 0.3) is 5.69 Å². The highest BCUT2D eigenvalue weighted by atomic mass is 16.5. The highest BCUT2D eigenvalue weighted by Gasteiger charge is 2.40. The van der Waals surface area contributed by atoms with E-state index in [9.17, 15) is 9.59 Å². The second kappa shape index (κ2) is 9.74. The summed E-state index contributed by atoms with van der Waals surface area (Å²) in [5.41, 5.74) is 4.19. The molecule has 0 radical (unpaired) electrons. The third-order valence-electron chi connectivity index (χ3n) is 7.30. The normalized spacial score (nSPS) is 15.8. The van der Waals surface area contributed by atoms with Gasteiger partial charge in [0.15, 0.2) is 0 Å². The summed E-state index contributed by atoms with van der Waals surface area (Å²) in [7, 11) is 3.10. The van der Waals surface area contributed by atoms with Crippen LogP contribution in [-0.2, 0) is 4.79 Å². The molecule has 1 fully saturated rings. The molecule has 1 aliphatic heterocycles. The number of rotatable bonds is 7. The molecule has 1 atom stereocenters. The number of aromatic nitrogens is 1. The molecule has 6 rings (SSSR count). The summed E-state index contributed by atoms with van der Waals surface area (Å²) in [6.45, 7) is -0.0307. The van der Waals surface area contributed by atoms with Crippen molar-refractivity contribution in [3.63, 3.8) is 0 Å². The van der Waals surface area contributed by atoms with Crippen molar-refractivity contribution in [1.29, 1.82) is 0 Å². The summed E-state index contributed by atoms with van der Waals surface area (Å²) in [4.78, 5) is 31.6. The molecule has 1 aromatic heterocycles. The quantitative estimate of drug-likeness (QED) is 0.343. The minimum atomic E-state index is -0.319. The van der Waals surface area contributed by atoms with Gasteiger partial charge in [-0.05, 0) is 54.8 Å². The average molecular weight is 508 g/mol. The van der Waals surface area contributed by atoms with Gasteiger partial charge >= 0.3 is 0 Å². The van der Waals surface area contributed by atoms with E-state index in [1.165, 1.54) is 7.11 Å². The summed E-state index contributed by atoms with van der Waals surface area (Å²) in [6, 6.07) is 26.9. The first-order valence-electron chi connectivity index (χ1n) is 12.8. The lowest BCUT2D eigenvalue weighted by Gasteiger charge is -2.39. The van der Waals surface area contributed by atoms with Gasteiger partial charge in [-0.2, -0.15) is 0 Å². The van der Waals surface area contributed by atoms with Gasteiger partial charge in [0.2, 0.25) is 5.91 Å². The molecule has 7 heteroatoms. The van der Waals surface area contributed by atoms with Crippen LogP contribution in [0.1, 0.15) is 40.5 Å². The molecule has 0 spiro atoms. The van der Waals surface area contributed by atoms with Crippen molar-refractivity contribution in [2.45, 2.75) is 24.9 Å². The van der Waals surface area contributed by atoms with E-state index in [2.05, 4.69) is 10.6 Å². The smallest absolute Gasteiger partial charge is 0.258 e. The first-order valence-corrected chi connectivity index (χ1v) is 12.8. The van der Waals surface area contributed by atoms with Gasteiger partial charge in [-0.25, -0.2) is 0 Å². The third kappa shape index (κ3) is 4.10. The van der Waals surface area contributed by atoms with Gasteiger partial charge in [-0.1, -0.05) is 42.5 Å². The maximum Gasteiger partial charge on any atom is 0.258 e. The van der Waals surface area contributed by atoms with Gasteiger partial charge in [0.25, 0.3) is 5.91 Å². The van der Waals surface area contributed by atoms with Crippen LogP contribution in [0.4, 0.5) is 5.69 Å². The van der Waals surface area contributed by atoms with E-state index < -0.39 is 0 Å². The van der Waals surface area contributed by atoms with Gasteiger partial charge in [-0.15, -0.1) is 0 Å². The Bertz CT molecular complexity index is 1490. The number of para-hydroxylation sites is 2. The molecule has 4 aromatic rings. The van der Waals surface area contributed by atoms with Gasteiger partial charge in [-0.3, -0.25) is 14.5 Å². The lowest BCUT2D eigenvalue weighted by Crippen LogP contribution is -2.47. The zero-order valence-corrected chi connectivity index (χ0v) is 21.4. The molecule has 1 aliphatic carbocycles. The first-order chi connectivity index (χ1) is 18.6. The van der Waals surface area contributed by atoms with Gasteiger partial charge < -0.3 is 18.9 Å². The highest BCUT2D eigenvalue weighted by Crippen LogP contribution is 2.42. The number of benzene rings is 3. The van der Waals surface area contributed by atoms with Crippen LogP contribution >= 0.6 is 0 Å². The summed E-state index contributed by atoms with van der Waals surface area (Å²) in [5.74, 6) is 0.679. The number of amides is 2. The van der Waals surface area contributed by atoms with Crippen LogP contribution in [0.2, 0.25) is 0 Å². The molecule has 2 aliphatic rings. The van der Waals surface area contributed by atoms with E-state index in [1.807, 2.05) is 71.8 Å². The van der Waals surface area contributed by atoms with Crippen molar-refractivity contribution >= 4 is 17.5 Å². The monoisotopic (exact) mass is 507 g/mol. The molecule has 1 unspecified atom stereocenters. The minimum absolute atomic E-state index is 0.0253. The highest BCUT2D eigenvalue weighted by molar-refractivity contribution is 6.03. The number of carbonyl (C=O) groups excluding carboxylic acids is 2. The van der Waals surface area contributed by atoms with Gasteiger partial charge in [0.1, 0.15) is 24.1 Å². The van der Waals surface area contributed by atoms with E-state index in [1.54, 1.807) is 30.2 Å². The molecule has 2 amide bonds. The molecule has 2 heterocycles. The molecule has 192 valence electrons. The first kappa shape index (κ1) is 23.9. The van der Waals surface area contributed by atoms with Crippen molar-refractivity contribution < 1.29 is 19.1 Å². The predicted octanol–water partition coefficient (Wildman–Crippen LogP) is 5.24. The molecule has 7 nitrogen and oxygen atoms in total. The number of ether oxygens (including phenoxy) is 2. The molecule has 0 N–H and O–H groups in total. The lowest BCUT2D eigenvalue weighted by atomic mass is 9.97. The molecule has 1 saturated carbocycles. The molecule has 3 aromatic carbocycles. The summed E-state index contributed by atoms with van der Waals surface area (Å²) >= 11 is 0. The maximum atomic E-state index is 14.3. The summed E-state index contributed by atoms with van der Waals surface area (Å²) < 4.78 is 12.9. The second-order valence-electron chi connectivity index (χ2n) is 9.60. The Morgan fingerprint density at radius 2 is 1.61 bits per heavy atom. The second-order valence-corrected chi connectivity index (χ2v) is 9.60. The number of anilines is 1. The molecule has 0 saturated heterocycles. The van der Waals surface area contributed by atoms with Gasteiger partial charge in [0.05, 0.1) is 36.9 Å². The molecule has 38 heavy (non-hydrogen) atoms. The fourth-order valence-electron chi connectivity index (χ4n) is 5.32. The van der Waals surface area contributed by atoms with Crippen LogP contribution in [-0.4, -0.2) is 48.1 Å². The van der Waals surface area contributed by atoms with E-state index in [4.69, 9.17) is 9.47 Å². The zero-order chi connectivity index (χ0) is 26.2. The van der Waals surface area contributed by atoms with Crippen LogP contribution in [0.3, 0.4) is 0 Å². The maximum absolute atomic E-state index is 14.3. The Labute approximate surface area is 221 Å². The topological polar surface area (TPSA) is 64.0 Å². The zero-order valence-electron chi connectivity index (χ0n) is 21.4. The lowest BCUT2D eigenvalue weighted by molar-refractivity contribution is -0.119. The van der Waals surface area contributed by atoms with Crippen molar-refractivity contribution in [2.75, 3.05) is 25.7 Å². The van der Waals surface area contributed by atoms with Crippen LogP contribution < -0.4 is 14.4 Å². The summed E-state index contributed by atoms with van der Waals surface area (Å²) in [5, 5.41) is 0. The number of fused-ring (bicyclic) bond motifs is 3. The number of nitrogens with zero attached hydrogens (tertiary/aromatic N) is 3. The van der Waals surface area contributed by atoms with E-state index >= 15 is 0 Å². The Kier molecular flexibility index (Phi) is 6.12. The van der Waals surface area contributed by atoms with Gasteiger partial charge in [0, 0.05) is 18.3 Å². The molecule has 0 bridgehead atoms. The largest absolute Gasteiger partial charge is 0.497 e. The Morgan fingerprint density at radius 3 is 2.32 bits per heavy atom. The minimum Gasteiger partial charge on any atom is -0.497 e. The van der Waals surface area contributed by atoms with Crippen LogP contribution in [0.5, 0.6) is 11.5 Å². The van der Waals surface area contributed by atoms with Crippen molar-refractivity contribution in [3.05, 3.63) is 108 Å². The van der Waals surface area contributed by atoms with E-state index in [0.717, 1.165) is 35.5 Å². The molecular formula is C31H29N3O4. The SMILES string of the molecule is COc1ccc(C(=O)N(CC(=O)N2c3ccccc3-n3cccc3C2c2ccccc2)C2CC2)c(OC)c1. The number of hydrogen-bond acceptors (Lipinski definition) is 4. The van der Waals surface area contributed by atoms with Crippen molar-refractivity contribution in [2.24, 2.45) is 0 Å². The summed E-state index contributed by atoms with van der Waals surface area (Å²) in [6.07, 6.45) is 3.78. The number of carbonyl (C=O) groups is 2. The number of methoxy groups -OCH3 is 2.